The number of carbonyl (C=O) groups excluding carboxylic acids is 1. The van der Waals surface area contributed by atoms with Crippen LogP contribution in [-0.2, 0) is 11.3 Å². The largest absolute Gasteiger partial charge is 0.484 e. The number of rotatable bonds is 5. The lowest BCUT2D eigenvalue weighted by atomic mass is 10.2. The highest BCUT2D eigenvalue weighted by Crippen LogP contribution is 2.15. The SMILES string of the molecule is O=C(COc1ccc(/C=c2/sc3n(c2=O)CCN=3)cc1)Nc1cccc(Cl)c1. The fourth-order valence-corrected chi connectivity index (χ4v) is 4.01. The highest BCUT2D eigenvalue weighted by Gasteiger charge is 2.09. The van der Waals surface area contributed by atoms with Crippen molar-refractivity contribution in [3.05, 3.63) is 78.8 Å². The predicted molar refractivity (Wildman–Crippen MR) is 110 cm³/mol. The molecule has 28 heavy (non-hydrogen) atoms. The first-order chi connectivity index (χ1) is 13.6. The molecule has 0 unspecified atom stereocenters. The van der Waals surface area contributed by atoms with Crippen LogP contribution in [-0.4, -0.2) is 23.6 Å². The smallest absolute Gasteiger partial charge is 0.270 e. The van der Waals surface area contributed by atoms with Gasteiger partial charge in [0.15, 0.2) is 11.4 Å². The third kappa shape index (κ3) is 4.16. The molecule has 4 rings (SSSR count). The van der Waals surface area contributed by atoms with Crippen LogP contribution in [0.3, 0.4) is 0 Å². The fourth-order valence-electron chi connectivity index (χ4n) is 2.79. The van der Waals surface area contributed by atoms with Gasteiger partial charge in [-0.15, -0.1) is 0 Å². The van der Waals surface area contributed by atoms with Gasteiger partial charge in [0, 0.05) is 17.3 Å². The summed E-state index contributed by atoms with van der Waals surface area (Å²) in [6, 6.07) is 14.1. The number of anilines is 1. The van der Waals surface area contributed by atoms with Crippen molar-refractivity contribution < 1.29 is 9.53 Å². The minimum atomic E-state index is -0.275. The molecule has 142 valence electrons. The third-order valence-electron chi connectivity index (χ3n) is 4.11. The van der Waals surface area contributed by atoms with E-state index in [0.717, 1.165) is 10.4 Å². The minimum absolute atomic E-state index is 0.000682. The van der Waals surface area contributed by atoms with Gasteiger partial charge in [0.2, 0.25) is 0 Å². The molecule has 0 bridgehead atoms. The number of nitrogens with zero attached hydrogens (tertiary/aromatic N) is 2. The van der Waals surface area contributed by atoms with Crippen LogP contribution in [0.2, 0.25) is 5.02 Å². The van der Waals surface area contributed by atoms with Crippen LogP contribution in [0.1, 0.15) is 5.56 Å². The van der Waals surface area contributed by atoms with Crippen molar-refractivity contribution in [1.82, 2.24) is 4.57 Å². The number of ether oxygens (including phenoxy) is 1. The second kappa shape index (κ2) is 8.00. The molecule has 1 N–H and O–H groups in total. The summed E-state index contributed by atoms with van der Waals surface area (Å²) in [5, 5.41) is 3.27. The Labute approximate surface area is 169 Å². The molecule has 0 aliphatic carbocycles. The molecule has 0 saturated heterocycles. The Kier molecular flexibility index (Phi) is 5.27. The summed E-state index contributed by atoms with van der Waals surface area (Å²) in [6.45, 7) is 1.22. The Morgan fingerprint density at radius 3 is 2.86 bits per heavy atom. The first kappa shape index (κ1) is 18.5. The quantitative estimate of drug-likeness (QED) is 0.695. The Morgan fingerprint density at radius 1 is 1.29 bits per heavy atom. The van der Waals surface area contributed by atoms with E-state index in [2.05, 4.69) is 10.3 Å². The maximum Gasteiger partial charge on any atom is 0.270 e. The maximum atomic E-state index is 12.3. The van der Waals surface area contributed by atoms with Crippen molar-refractivity contribution in [2.24, 2.45) is 4.99 Å². The van der Waals surface area contributed by atoms with E-state index in [9.17, 15) is 9.59 Å². The Balaban J connectivity index is 1.39. The lowest BCUT2D eigenvalue weighted by molar-refractivity contribution is -0.118. The number of hydrogen-bond acceptors (Lipinski definition) is 5. The molecule has 8 heteroatoms. The number of fused-ring (bicyclic) bond motifs is 1. The van der Waals surface area contributed by atoms with Crippen LogP contribution in [0.5, 0.6) is 5.75 Å². The molecule has 1 aliphatic rings. The van der Waals surface area contributed by atoms with Gasteiger partial charge in [-0.2, -0.15) is 0 Å². The lowest BCUT2D eigenvalue weighted by Gasteiger charge is -2.08. The van der Waals surface area contributed by atoms with Crippen molar-refractivity contribution in [1.29, 1.82) is 0 Å². The van der Waals surface area contributed by atoms with Crippen LogP contribution in [0, 0.1) is 0 Å². The molecule has 0 atom stereocenters. The van der Waals surface area contributed by atoms with E-state index < -0.39 is 0 Å². The molecule has 0 fully saturated rings. The summed E-state index contributed by atoms with van der Waals surface area (Å²) >= 11 is 7.29. The number of aromatic nitrogens is 1. The van der Waals surface area contributed by atoms with Gasteiger partial charge in [-0.1, -0.05) is 41.1 Å². The second-order valence-corrected chi connectivity index (χ2v) is 7.59. The Hall–Kier alpha value is -2.90. The average Bonchev–Trinajstić information content (AvgIpc) is 3.25. The molecule has 0 radical (unpaired) electrons. The summed E-state index contributed by atoms with van der Waals surface area (Å²) < 4.78 is 7.87. The van der Waals surface area contributed by atoms with Gasteiger partial charge >= 0.3 is 0 Å². The van der Waals surface area contributed by atoms with E-state index in [-0.39, 0.29) is 18.1 Å². The van der Waals surface area contributed by atoms with E-state index in [4.69, 9.17) is 16.3 Å². The molecular weight excluding hydrogens is 398 g/mol. The normalized spacial score (nSPS) is 13.1. The first-order valence-corrected chi connectivity index (χ1v) is 9.82. The summed E-state index contributed by atoms with van der Waals surface area (Å²) in [7, 11) is 0. The van der Waals surface area contributed by atoms with Crippen molar-refractivity contribution in [2.75, 3.05) is 18.5 Å². The van der Waals surface area contributed by atoms with Gasteiger partial charge in [-0.05, 0) is 42.0 Å². The summed E-state index contributed by atoms with van der Waals surface area (Å²) in [6.07, 6.45) is 1.84. The molecule has 1 aromatic heterocycles. The molecule has 1 aliphatic heterocycles. The van der Waals surface area contributed by atoms with Gasteiger partial charge in [0.05, 0.1) is 11.1 Å². The van der Waals surface area contributed by atoms with Crippen molar-refractivity contribution >= 4 is 40.6 Å². The Morgan fingerprint density at radius 2 is 2.11 bits per heavy atom. The monoisotopic (exact) mass is 413 g/mol. The maximum absolute atomic E-state index is 12.3. The average molecular weight is 414 g/mol. The zero-order valence-corrected chi connectivity index (χ0v) is 16.3. The van der Waals surface area contributed by atoms with E-state index in [1.54, 1.807) is 41.0 Å². The second-order valence-electron chi connectivity index (χ2n) is 6.15. The van der Waals surface area contributed by atoms with Crippen molar-refractivity contribution in [2.45, 2.75) is 6.54 Å². The molecule has 2 aromatic carbocycles. The lowest BCUT2D eigenvalue weighted by Crippen LogP contribution is -2.29. The zero-order valence-electron chi connectivity index (χ0n) is 14.7. The number of halogens is 1. The van der Waals surface area contributed by atoms with E-state index in [1.165, 1.54) is 11.3 Å². The van der Waals surface area contributed by atoms with Gasteiger partial charge in [-0.3, -0.25) is 19.1 Å². The molecule has 3 aromatic rings. The number of thiazole rings is 1. The predicted octanol–water partition coefficient (Wildman–Crippen LogP) is 2.04. The van der Waals surface area contributed by atoms with E-state index >= 15 is 0 Å². The molecular formula is C20H16ClN3O3S. The zero-order chi connectivity index (χ0) is 19.5. The highest BCUT2D eigenvalue weighted by molar-refractivity contribution is 7.07. The standard InChI is InChI=1S/C20H16ClN3O3S/c21-14-2-1-3-15(11-14)23-18(25)12-27-16-6-4-13(5-7-16)10-17-19(26)24-9-8-22-20(24)28-17/h1-7,10-11H,8-9,12H2,(H,23,25)/b17-10+. The number of amides is 1. The van der Waals surface area contributed by atoms with Crippen molar-refractivity contribution in [3.63, 3.8) is 0 Å². The highest BCUT2D eigenvalue weighted by atomic mass is 35.5. The van der Waals surface area contributed by atoms with Crippen LogP contribution in [0.15, 0.2) is 58.3 Å². The first-order valence-electron chi connectivity index (χ1n) is 8.63. The van der Waals surface area contributed by atoms with E-state index in [0.29, 0.717) is 34.1 Å². The third-order valence-corrected chi connectivity index (χ3v) is 5.39. The van der Waals surface area contributed by atoms with Gasteiger partial charge in [0.25, 0.3) is 11.5 Å². The molecule has 0 saturated carbocycles. The number of hydrogen-bond donors (Lipinski definition) is 1. The van der Waals surface area contributed by atoms with Crippen LogP contribution >= 0.6 is 22.9 Å². The number of carbonyl (C=O) groups is 1. The fraction of sp³-hybridized carbons (Fsp3) is 0.150. The molecule has 0 spiro atoms. The summed E-state index contributed by atoms with van der Waals surface area (Å²) in [5.41, 5.74) is 1.50. The molecule has 6 nitrogen and oxygen atoms in total. The Bertz CT molecular complexity index is 1200. The number of benzene rings is 2. The van der Waals surface area contributed by atoms with Crippen LogP contribution in [0.25, 0.3) is 6.08 Å². The topological polar surface area (TPSA) is 72.7 Å². The number of nitrogens with one attached hydrogen (secondary N) is 1. The molecule has 1 amide bonds. The molecule has 2 heterocycles. The van der Waals surface area contributed by atoms with Crippen LogP contribution < -0.4 is 24.9 Å². The summed E-state index contributed by atoms with van der Waals surface area (Å²) in [4.78, 5) is 29.4. The van der Waals surface area contributed by atoms with Crippen molar-refractivity contribution in [3.8, 4) is 5.75 Å². The van der Waals surface area contributed by atoms with Gasteiger partial charge in [0.1, 0.15) is 5.75 Å². The van der Waals surface area contributed by atoms with Gasteiger partial charge in [-0.25, -0.2) is 0 Å². The van der Waals surface area contributed by atoms with E-state index in [1.807, 2.05) is 18.2 Å². The van der Waals surface area contributed by atoms with Crippen LogP contribution in [0.4, 0.5) is 5.69 Å². The minimum Gasteiger partial charge on any atom is -0.484 e. The van der Waals surface area contributed by atoms with Gasteiger partial charge < -0.3 is 10.1 Å². The summed E-state index contributed by atoms with van der Waals surface area (Å²) in [5.74, 6) is 0.293.